The van der Waals surface area contributed by atoms with Crippen LogP contribution in [-0.2, 0) is 9.78 Å². The first-order valence-corrected chi connectivity index (χ1v) is 19.9. The quantitative estimate of drug-likeness (QED) is 0.129. The van der Waals surface area contributed by atoms with Gasteiger partial charge in [-0.1, -0.05) is 275 Å². The van der Waals surface area contributed by atoms with Crippen LogP contribution in [0.4, 0.5) is 0 Å². The van der Waals surface area contributed by atoms with Gasteiger partial charge in [-0.2, -0.15) is 0 Å². The molecule has 0 saturated carbocycles. The Morgan fingerprint density at radius 2 is 0.418 bits per heavy atom. The van der Waals surface area contributed by atoms with Crippen LogP contribution in [0.2, 0.25) is 0 Å². The van der Waals surface area contributed by atoms with Crippen LogP contribution in [0.1, 0.15) is 117 Å². The summed E-state index contributed by atoms with van der Waals surface area (Å²) in [7, 11) is 2.36. The number of fused-ring (bicyclic) bond motifs is 2. The summed E-state index contributed by atoms with van der Waals surface area (Å²) in [6, 6.07) is 54.2. The average Bonchev–Trinajstić information content (AvgIpc) is 3.27. The van der Waals surface area contributed by atoms with E-state index in [0.29, 0.717) is 0 Å². The van der Waals surface area contributed by atoms with Gasteiger partial charge in [0.25, 0.3) is 0 Å². The zero-order valence-corrected chi connectivity index (χ0v) is 37.1. The maximum absolute atomic E-state index is 7.07. The fraction of sp³-hybridized carbons (Fsp3) is 0.373. The predicted molar refractivity (Wildman–Crippen MR) is 254 cm³/mol. The number of rotatable bonds is 1. The minimum atomic E-state index is 0. The molecule has 6 aromatic carbocycles. The second kappa shape index (κ2) is 61.7. The fourth-order valence-corrected chi connectivity index (χ4v) is 3.53. The van der Waals surface area contributed by atoms with E-state index in [1.807, 2.05) is 81.4 Å². The number of benzene rings is 6. The molecule has 0 radical (unpaired) electrons. The maximum Gasteiger partial charge on any atom is 0.0710 e. The van der Waals surface area contributed by atoms with E-state index in [1.165, 1.54) is 59.7 Å². The second-order valence-corrected chi connectivity index (χ2v) is 9.21. The molecule has 0 aliphatic rings. The smallest absolute Gasteiger partial charge is 0.0710 e. The Morgan fingerprint density at radius 1 is 0.309 bits per heavy atom. The highest BCUT2D eigenvalue weighted by Gasteiger charge is 1.92. The molecule has 6 rings (SSSR count). The first kappa shape index (κ1) is 65.6. The Balaban J connectivity index is -0.0000000998. The van der Waals surface area contributed by atoms with Gasteiger partial charge < -0.3 is 0 Å². The lowest BCUT2D eigenvalue weighted by Gasteiger charge is -1.98. The van der Waals surface area contributed by atoms with E-state index >= 15 is 0 Å². The first-order chi connectivity index (χ1) is 26.6. The summed E-state index contributed by atoms with van der Waals surface area (Å²) < 4.78 is 0. The van der Waals surface area contributed by atoms with E-state index in [0.717, 1.165) is 0 Å². The van der Waals surface area contributed by atoms with Crippen LogP contribution >= 0.6 is 0 Å². The summed E-state index contributed by atoms with van der Waals surface area (Å²) in [6.45, 7) is 28.5. The molecule has 312 valence electrons. The van der Waals surface area contributed by atoms with Crippen molar-refractivity contribution in [1.29, 1.82) is 0 Å². The van der Waals surface area contributed by atoms with Crippen LogP contribution in [0.5, 0.6) is 0 Å². The Hall–Kier alpha value is -4.32. The molecule has 0 unspecified atom stereocenters. The van der Waals surface area contributed by atoms with Crippen molar-refractivity contribution in [3.8, 4) is 11.1 Å². The molecule has 0 saturated heterocycles. The van der Waals surface area contributed by atoms with Crippen LogP contribution in [0, 0.1) is 0 Å². The van der Waals surface area contributed by atoms with Gasteiger partial charge in [-0.3, -0.25) is 10.5 Å². The van der Waals surface area contributed by atoms with Gasteiger partial charge in [-0.25, -0.2) is 9.78 Å². The highest BCUT2D eigenvalue weighted by Crippen LogP contribution is 2.17. The van der Waals surface area contributed by atoms with Crippen molar-refractivity contribution >= 4 is 21.5 Å². The molecule has 6 aromatic rings. The molecular weight excluding hydrogens is 677 g/mol. The van der Waals surface area contributed by atoms with Gasteiger partial charge in [0.15, 0.2) is 0 Å². The SMILES string of the molecule is C.CC.CC.CC.CC.CC.CCC.CCC.COO.COO.c1ccc(-c2ccccc2)cc1.c1ccc2ccccc2c1.c1ccc2ccccc2c1. The highest BCUT2D eigenvalue weighted by atomic mass is 17.1. The first-order valence-electron chi connectivity index (χ1n) is 19.9. The summed E-state index contributed by atoms with van der Waals surface area (Å²) in [4.78, 5) is 6.50. The molecule has 55 heavy (non-hydrogen) atoms. The van der Waals surface area contributed by atoms with Crippen molar-refractivity contribution in [3.05, 3.63) is 158 Å². The van der Waals surface area contributed by atoms with Gasteiger partial charge in [0.2, 0.25) is 0 Å². The lowest BCUT2D eigenvalue weighted by atomic mass is 10.1. The van der Waals surface area contributed by atoms with Gasteiger partial charge in [0.1, 0.15) is 0 Å². The molecule has 0 aliphatic carbocycles. The van der Waals surface area contributed by atoms with Crippen molar-refractivity contribution in [2.24, 2.45) is 0 Å². The molecular formula is C51H84O4. The fourth-order valence-electron chi connectivity index (χ4n) is 3.53. The highest BCUT2D eigenvalue weighted by molar-refractivity contribution is 5.82. The van der Waals surface area contributed by atoms with Crippen molar-refractivity contribution in [2.45, 2.75) is 117 Å². The molecule has 0 aliphatic heterocycles. The third-order valence-electron chi connectivity index (χ3n) is 5.20. The lowest BCUT2D eigenvalue weighted by Crippen LogP contribution is -1.73. The van der Waals surface area contributed by atoms with Gasteiger partial charge in [-0.05, 0) is 32.7 Å². The van der Waals surface area contributed by atoms with Crippen LogP contribution in [0.3, 0.4) is 0 Å². The normalized spacial score (nSPS) is 7.60. The summed E-state index contributed by atoms with van der Waals surface area (Å²) in [5, 5.41) is 19.4. The summed E-state index contributed by atoms with van der Waals surface area (Å²) >= 11 is 0. The standard InChI is InChI=1S/C12H10.2C10H8.2C3H8.5C2H6.2CH4O2.CH4/c1-3-7-11(8-4-1)12-9-5-2-6-10-12;2*1-2-6-10-8-4-3-7-9(10)5-1;2*1-3-2;5*1-2;2*1-3-2;/h1-10H;2*1-8H;2*3H2,1-2H3;5*1-2H3;2*2H,1H3;1H4. The van der Waals surface area contributed by atoms with Crippen LogP contribution in [0.15, 0.2) is 158 Å². The molecule has 0 amide bonds. The Labute approximate surface area is 341 Å². The van der Waals surface area contributed by atoms with Gasteiger partial charge in [-0.15, -0.1) is 0 Å². The van der Waals surface area contributed by atoms with E-state index in [2.05, 4.69) is 183 Å². The monoisotopic (exact) mass is 761 g/mol. The third-order valence-corrected chi connectivity index (χ3v) is 5.20. The second-order valence-electron chi connectivity index (χ2n) is 9.21. The van der Waals surface area contributed by atoms with Crippen molar-refractivity contribution < 1.29 is 20.3 Å². The summed E-state index contributed by atoms with van der Waals surface area (Å²) in [5.74, 6) is 0. The van der Waals surface area contributed by atoms with Crippen LogP contribution in [-0.4, -0.2) is 24.7 Å². The average molecular weight is 761 g/mol. The summed E-state index contributed by atoms with van der Waals surface area (Å²) in [5.41, 5.74) is 2.55. The zero-order chi connectivity index (χ0) is 42.7. The predicted octanol–water partition coefficient (Wildman–Crippen LogP) is 17.8. The Morgan fingerprint density at radius 3 is 0.545 bits per heavy atom. The van der Waals surface area contributed by atoms with Gasteiger partial charge in [0.05, 0.1) is 14.2 Å². The maximum atomic E-state index is 7.07. The van der Waals surface area contributed by atoms with E-state index < -0.39 is 0 Å². The largest absolute Gasteiger partial charge is 0.252 e. The topological polar surface area (TPSA) is 58.9 Å². The molecule has 0 fully saturated rings. The van der Waals surface area contributed by atoms with E-state index in [-0.39, 0.29) is 7.43 Å². The van der Waals surface area contributed by atoms with Crippen LogP contribution in [0.25, 0.3) is 32.7 Å². The number of hydrogen-bond donors (Lipinski definition) is 2. The van der Waals surface area contributed by atoms with Crippen molar-refractivity contribution in [3.63, 3.8) is 0 Å². The Kier molecular flexibility index (Phi) is 73.6. The molecule has 4 nitrogen and oxygen atoms in total. The molecule has 0 atom stereocenters. The molecule has 0 spiro atoms. The van der Waals surface area contributed by atoms with Crippen molar-refractivity contribution in [1.82, 2.24) is 0 Å². The molecule has 0 bridgehead atoms. The molecule has 2 N–H and O–H groups in total. The van der Waals surface area contributed by atoms with Crippen molar-refractivity contribution in [2.75, 3.05) is 14.2 Å². The molecule has 4 heteroatoms. The van der Waals surface area contributed by atoms with E-state index in [4.69, 9.17) is 10.5 Å². The van der Waals surface area contributed by atoms with Crippen LogP contribution < -0.4 is 0 Å². The molecule has 0 heterocycles. The Bertz CT molecular complexity index is 1190. The molecule has 0 aromatic heterocycles. The minimum absolute atomic E-state index is 0. The van der Waals surface area contributed by atoms with E-state index in [1.54, 1.807) is 0 Å². The minimum Gasteiger partial charge on any atom is -0.252 e. The number of hydrogen-bond acceptors (Lipinski definition) is 4. The zero-order valence-electron chi connectivity index (χ0n) is 37.1. The lowest BCUT2D eigenvalue weighted by molar-refractivity contribution is -0.215. The van der Waals surface area contributed by atoms with E-state index in [9.17, 15) is 0 Å². The van der Waals surface area contributed by atoms with Gasteiger partial charge >= 0.3 is 0 Å². The van der Waals surface area contributed by atoms with Gasteiger partial charge in [0, 0.05) is 0 Å². The summed E-state index contributed by atoms with van der Waals surface area (Å²) in [6.07, 6.45) is 2.50. The third kappa shape index (κ3) is 42.3.